The van der Waals surface area contributed by atoms with Gasteiger partial charge in [0.1, 0.15) is 48.2 Å². The highest BCUT2D eigenvalue weighted by Gasteiger charge is 2.37. The fourth-order valence-corrected chi connectivity index (χ4v) is 9.44. The molecule has 0 bridgehead atoms. The summed E-state index contributed by atoms with van der Waals surface area (Å²) in [6, 6.07) is 36.2. The summed E-state index contributed by atoms with van der Waals surface area (Å²) >= 11 is 12.6. The van der Waals surface area contributed by atoms with E-state index in [1.54, 1.807) is 36.4 Å². The molecule has 6 aromatic carbocycles. The maximum atomic E-state index is 13.9. The first-order valence-electron chi connectivity index (χ1n) is 21.8. The molecule has 372 valence electrons. The summed E-state index contributed by atoms with van der Waals surface area (Å²) in [5.41, 5.74) is 2.76. The molecule has 0 atom stereocenters. The lowest BCUT2D eigenvalue weighted by Crippen LogP contribution is -2.38. The molecule has 8 rings (SSSR count). The zero-order valence-electron chi connectivity index (χ0n) is 37.8. The molecule has 73 heavy (non-hydrogen) atoms. The van der Waals surface area contributed by atoms with Crippen molar-refractivity contribution in [1.29, 1.82) is 0 Å². The third-order valence-electron chi connectivity index (χ3n) is 10.6. The van der Waals surface area contributed by atoms with Gasteiger partial charge in [0.2, 0.25) is 0 Å². The van der Waals surface area contributed by atoms with Crippen molar-refractivity contribution in [2.75, 3.05) is 13.1 Å². The van der Waals surface area contributed by atoms with Crippen LogP contribution in [0.2, 0.25) is 0 Å². The third-order valence-corrected chi connectivity index (χ3v) is 13.4. The fraction of sp³-hybridized carbons (Fsp3) is 0.132. The number of hydrogen-bond acceptors (Lipinski definition) is 13. The summed E-state index contributed by atoms with van der Waals surface area (Å²) in [6.07, 6.45) is -1.43. The lowest BCUT2D eigenvalue weighted by atomic mass is 10.1. The van der Waals surface area contributed by atoms with Gasteiger partial charge in [-0.3, -0.25) is 19.4 Å². The molecule has 2 aliphatic heterocycles. The monoisotopic (exact) mass is 1070 g/mol. The number of halogens is 5. The average molecular weight is 1070 g/mol. The van der Waals surface area contributed by atoms with Crippen molar-refractivity contribution in [1.82, 2.24) is 9.80 Å². The Balaban J connectivity index is 0.885. The molecule has 0 unspecified atom stereocenters. The van der Waals surface area contributed by atoms with E-state index in [1.807, 2.05) is 60.7 Å². The van der Waals surface area contributed by atoms with E-state index >= 15 is 0 Å². The Morgan fingerprint density at radius 3 is 1.36 bits per heavy atom. The molecule has 2 aliphatic rings. The van der Waals surface area contributed by atoms with Gasteiger partial charge in [-0.15, -0.1) is 0 Å². The van der Waals surface area contributed by atoms with Gasteiger partial charge in [0, 0.05) is 0 Å². The minimum absolute atomic E-state index is 0.0104. The number of hydrogen-bond donors (Lipinski definition) is 0. The summed E-state index contributed by atoms with van der Waals surface area (Å²) in [7, 11) is 0. The molecule has 0 spiro atoms. The standard InChI is InChI=1S/C53H37F5N2O9S4/c54-39-18-13-37(21-40(39)55)31-66-42-20-15-36(23-44(42)68-29-33-9-5-2-6-10-33)25-46-50(64)60(52(71)73-46)27-48(62)69-47(61)26-59-49(63)45(72-51(59)70)24-35-14-19-41(43(22-35)67-28-32-7-3-1-4-8-32)65-30-34-11-16-38(17-12-34)53(56,57)58/h1-25H,26-31H2. The Kier molecular flexibility index (Phi) is 16.7. The molecule has 0 aromatic heterocycles. The number of esters is 2. The van der Waals surface area contributed by atoms with Crippen molar-refractivity contribution >= 4 is 92.5 Å². The van der Waals surface area contributed by atoms with Crippen LogP contribution >= 0.6 is 48.0 Å². The fourth-order valence-electron chi connectivity index (χ4n) is 6.93. The highest BCUT2D eigenvalue weighted by Crippen LogP contribution is 2.38. The van der Waals surface area contributed by atoms with E-state index in [0.29, 0.717) is 22.3 Å². The number of carbonyl (C=O) groups is 4. The molecule has 2 amide bonds. The Bertz CT molecular complexity index is 3160. The van der Waals surface area contributed by atoms with Gasteiger partial charge >= 0.3 is 18.1 Å². The normalized spacial score (nSPS) is 14.8. The molecule has 0 radical (unpaired) electrons. The molecule has 0 aliphatic carbocycles. The quantitative estimate of drug-likeness (QED) is 0.0267. The van der Waals surface area contributed by atoms with Crippen molar-refractivity contribution in [3.05, 3.63) is 200 Å². The summed E-state index contributed by atoms with van der Waals surface area (Å²) in [4.78, 5) is 55.4. The molecular formula is C53H37F5N2O9S4. The van der Waals surface area contributed by atoms with E-state index < -0.39 is 60.2 Å². The minimum atomic E-state index is -4.48. The molecule has 6 aromatic rings. The number of nitrogens with zero attached hydrogens (tertiary/aromatic N) is 2. The predicted molar refractivity (Wildman–Crippen MR) is 272 cm³/mol. The molecule has 0 N–H and O–H groups in total. The first-order valence-corrected chi connectivity index (χ1v) is 24.2. The molecule has 2 fully saturated rings. The maximum absolute atomic E-state index is 13.9. The maximum Gasteiger partial charge on any atom is 0.416 e. The van der Waals surface area contributed by atoms with E-state index in [0.717, 1.165) is 68.7 Å². The van der Waals surface area contributed by atoms with Crippen LogP contribution in [0.15, 0.2) is 149 Å². The van der Waals surface area contributed by atoms with Gasteiger partial charge < -0.3 is 23.7 Å². The summed E-state index contributed by atoms with van der Waals surface area (Å²) in [5, 5.41) is 0. The van der Waals surface area contributed by atoms with E-state index in [2.05, 4.69) is 0 Å². The van der Waals surface area contributed by atoms with Crippen LogP contribution in [-0.2, 0) is 56.5 Å². The number of thiocarbonyl (C=S) groups is 2. The first-order chi connectivity index (χ1) is 35.1. The summed E-state index contributed by atoms with van der Waals surface area (Å²) < 4.78 is 95.8. The zero-order chi connectivity index (χ0) is 51.6. The second kappa shape index (κ2) is 23.4. The lowest BCUT2D eigenvalue weighted by molar-refractivity contribution is -0.161. The van der Waals surface area contributed by atoms with Crippen LogP contribution in [0.1, 0.15) is 38.9 Å². The van der Waals surface area contributed by atoms with Gasteiger partial charge in [0.15, 0.2) is 34.6 Å². The topological polar surface area (TPSA) is 121 Å². The number of ether oxygens (including phenoxy) is 5. The third kappa shape index (κ3) is 13.8. The summed E-state index contributed by atoms with van der Waals surface area (Å²) in [5.74, 6) is -4.40. The van der Waals surface area contributed by atoms with Gasteiger partial charge in [0.05, 0.1) is 15.4 Å². The van der Waals surface area contributed by atoms with Crippen LogP contribution in [0.5, 0.6) is 23.0 Å². The number of rotatable bonds is 18. The van der Waals surface area contributed by atoms with Gasteiger partial charge in [-0.25, -0.2) is 18.4 Å². The van der Waals surface area contributed by atoms with E-state index in [4.69, 9.17) is 48.1 Å². The van der Waals surface area contributed by atoms with E-state index in [1.165, 1.54) is 30.4 Å². The minimum Gasteiger partial charge on any atom is -0.485 e. The SMILES string of the molecule is O=C(CN1C(=O)C(=Cc2ccc(OCc3ccc(C(F)(F)F)cc3)c(OCc3ccccc3)c2)SC1=S)OC(=O)CN1C(=O)C(=Cc2ccc(OCc3ccc(F)c(F)c3)c(OCc3ccccc3)c2)SC1=S. The number of alkyl halides is 3. The number of carbonyl (C=O) groups excluding carboxylic acids is 4. The molecule has 11 nitrogen and oxygen atoms in total. The zero-order valence-corrected chi connectivity index (χ0v) is 41.0. The van der Waals surface area contributed by atoms with Gasteiger partial charge in [0.25, 0.3) is 11.8 Å². The number of thioether (sulfide) groups is 2. The number of benzene rings is 6. The first kappa shape index (κ1) is 51.9. The van der Waals surface area contributed by atoms with Crippen LogP contribution < -0.4 is 18.9 Å². The van der Waals surface area contributed by atoms with Crippen LogP contribution in [0.3, 0.4) is 0 Å². The van der Waals surface area contributed by atoms with Gasteiger partial charge in [-0.1, -0.05) is 139 Å². The highest BCUT2D eigenvalue weighted by atomic mass is 32.2. The van der Waals surface area contributed by atoms with Crippen molar-refractivity contribution < 1.29 is 64.8 Å². The second-order valence-corrected chi connectivity index (χ2v) is 19.2. The largest absolute Gasteiger partial charge is 0.485 e. The molecule has 20 heteroatoms. The average Bonchev–Trinajstić information content (AvgIpc) is 3.78. The Hall–Kier alpha value is -7.39. The molecule has 2 saturated heterocycles. The molecule has 2 heterocycles. The van der Waals surface area contributed by atoms with Crippen LogP contribution in [0.4, 0.5) is 22.0 Å². The van der Waals surface area contributed by atoms with Crippen molar-refractivity contribution in [3.8, 4) is 23.0 Å². The van der Waals surface area contributed by atoms with Crippen LogP contribution in [-0.4, -0.2) is 55.3 Å². The Morgan fingerprint density at radius 1 is 0.507 bits per heavy atom. The van der Waals surface area contributed by atoms with Gasteiger partial charge in [-0.05, 0) is 94.1 Å². The smallest absolute Gasteiger partial charge is 0.416 e. The van der Waals surface area contributed by atoms with Gasteiger partial charge in [-0.2, -0.15) is 13.2 Å². The van der Waals surface area contributed by atoms with E-state index in [-0.39, 0.29) is 67.9 Å². The predicted octanol–water partition coefficient (Wildman–Crippen LogP) is 11.5. The van der Waals surface area contributed by atoms with Crippen LogP contribution in [0, 0.1) is 11.6 Å². The van der Waals surface area contributed by atoms with Crippen molar-refractivity contribution in [3.63, 3.8) is 0 Å². The van der Waals surface area contributed by atoms with Crippen molar-refractivity contribution in [2.45, 2.75) is 32.6 Å². The van der Waals surface area contributed by atoms with Crippen LogP contribution in [0.25, 0.3) is 12.2 Å². The second-order valence-electron chi connectivity index (χ2n) is 15.9. The molecule has 0 saturated carbocycles. The summed E-state index contributed by atoms with van der Waals surface area (Å²) in [6.45, 7) is -1.30. The number of amides is 2. The lowest BCUT2D eigenvalue weighted by Gasteiger charge is -2.15. The Labute approximate surface area is 433 Å². The highest BCUT2D eigenvalue weighted by molar-refractivity contribution is 8.27. The Morgan fingerprint density at radius 2 is 0.918 bits per heavy atom. The van der Waals surface area contributed by atoms with E-state index in [9.17, 15) is 41.1 Å². The van der Waals surface area contributed by atoms with Crippen molar-refractivity contribution in [2.24, 2.45) is 0 Å². The molecular weight excluding hydrogens is 1030 g/mol.